The minimum Gasteiger partial charge on any atom is -0.341 e. The topological polar surface area (TPSA) is 54.7 Å². The summed E-state index contributed by atoms with van der Waals surface area (Å²) in [4.78, 5) is 7.33. The predicted octanol–water partition coefficient (Wildman–Crippen LogP) is 2.94. The molecule has 19 heavy (non-hydrogen) atoms. The summed E-state index contributed by atoms with van der Waals surface area (Å²) in [5.41, 5.74) is 8.29. The molecule has 0 bridgehead atoms. The predicted molar refractivity (Wildman–Crippen MR) is 73.1 cm³/mol. The molecule has 96 valence electrons. The molecular weight excluding hydrogens is 241 g/mol. The van der Waals surface area contributed by atoms with Gasteiger partial charge in [-0.1, -0.05) is 36.4 Å². The zero-order valence-electron chi connectivity index (χ0n) is 10.3. The van der Waals surface area contributed by atoms with E-state index in [1.165, 1.54) is 6.07 Å². The number of fused-ring (bicyclic) bond motifs is 1. The Hall–Kier alpha value is -2.20. The van der Waals surface area contributed by atoms with Crippen LogP contribution >= 0.6 is 0 Å². The second-order valence-electron chi connectivity index (χ2n) is 4.55. The van der Waals surface area contributed by atoms with Crippen molar-refractivity contribution in [3.05, 3.63) is 65.7 Å². The fourth-order valence-electron chi connectivity index (χ4n) is 2.16. The van der Waals surface area contributed by atoms with Crippen molar-refractivity contribution in [2.75, 3.05) is 0 Å². The van der Waals surface area contributed by atoms with E-state index in [1.54, 1.807) is 12.1 Å². The van der Waals surface area contributed by atoms with Gasteiger partial charge < -0.3 is 10.7 Å². The number of H-pyrrole nitrogens is 1. The molecule has 0 radical (unpaired) electrons. The van der Waals surface area contributed by atoms with E-state index < -0.39 is 0 Å². The van der Waals surface area contributed by atoms with E-state index in [2.05, 4.69) is 9.97 Å². The van der Waals surface area contributed by atoms with E-state index in [1.807, 2.05) is 30.3 Å². The maximum atomic E-state index is 13.6. The Kier molecular flexibility index (Phi) is 3.01. The number of imidazole rings is 1. The van der Waals surface area contributed by atoms with Gasteiger partial charge in [-0.15, -0.1) is 0 Å². The van der Waals surface area contributed by atoms with E-state index in [0.717, 1.165) is 5.56 Å². The number of nitrogens with two attached hydrogens (primary N) is 1. The Labute approximate surface area is 110 Å². The van der Waals surface area contributed by atoms with Crippen molar-refractivity contribution in [1.29, 1.82) is 0 Å². The monoisotopic (exact) mass is 255 g/mol. The molecule has 1 unspecified atom stereocenters. The van der Waals surface area contributed by atoms with Gasteiger partial charge in [-0.3, -0.25) is 0 Å². The van der Waals surface area contributed by atoms with Crippen LogP contribution < -0.4 is 5.73 Å². The van der Waals surface area contributed by atoms with Crippen LogP contribution in [-0.4, -0.2) is 9.97 Å². The highest BCUT2D eigenvalue weighted by molar-refractivity contribution is 5.75. The van der Waals surface area contributed by atoms with Crippen LogP contribution in [0, 0.1) is 5.82 Å². The molecule has 0 aliphatic carbocycles. The van der Waals surface area contributed by atoms with Crippen LogP contribution in [0.15, 0.2) is 48.5 Å². The molecular formula is C15H14FN3. The van der Waals surface area contributed by atoms with Gasteiger partial charge in [0.05, 0.1) is 11.6 Å². The average Bonchev–Trinajstić information content (AvgIpc) is 2.85. The third-order valence-electron chi connectivity index (χ3n) is 3.13. The highest BCUT2D eigenvalue weighted by atomic mass is 19.1. The number of nitrogens with one attached hydrogen (secondary N) is 1. The number of aromatic nitrogens is 2. The molecule has 0 saturated carbocycles. The van der Waals surface area contributed by atoms with E-state index in [0.29, 0.717) is 23.3 Å². The maximum absolute atomic E-state index is 13.6. The molecule has 3 rings (SSSR count). The highest BCUT2D eigenvalue weighted by Gasteiger charge is 2.13. The second-order valence-corrected chi connectivity index (χ2v) is 4.55. The molecule has 2 aromatic carbocycles. The van der Waals surface area contributed by atoms with Gasteiger partial charge in [0.2, 0.25) is 0 Å². The lowest BCUT2D eigenvalue weighted by Crippen LogP contribution is -2.14. The molecule has 3 N–H and O–H groups in total. The zero-order chi connectivity index (χ0) is 13.2. The smallest absolute Gasteiger partial charge is 0.151 e. The lowest BCUT2D eigenvalue weighted by atomic mass is 10.1. The highest BCUT2D eigenvalue weighted by Crippen LogP contribution is 2.19. The second kappa shape index (κ2) is 4.82. The zero-order valence-corrected chi connectivity index (χ0v) is 10.3. The standard InChI is InChI=1S/C15H14FN3/c16-11-7-4-8-13-14(11)19-15(18-13)12(17)9-10-5-2-1-3-6-10/h1-8,12H,9,17H2,(H,18,19). The fourth-order valence-corrected chi connectivity index (χ4v) is 2.16. The number of aromatic amines is 1. The number of rotatable bonds is 3. The first kappa shape index (κ1) is 11.9. The molecule has 1 heterocycles. The van der Waals surface area contributed by atoms with Crippen molar-refractivity contribution in [1.82, 2.24) is 9.97 Å². The van der Waals surface area contributed by atoms with Crippen LogP contribution in [0.3, 0.4) is 0 Å². The van der Waals surface area contributed by atoms with Crippen LogP contribution in [0.4, 0.5) is 4.39 Å². The summed E-state index contributed by atoms with van der Waals surface area (Å²) in [7, 11) is 0. The number of hydrogen-bond donors (Lipinski definition) is 2. The molecule has 4 heteroatoms. The van der Waals surface area contributed by atoms with Gasteiger partial charge in [0.25, 0.3) is 0 Å². The summed E-state index contributed by atoms with van der Waals surface area (Å²) >= 11 is 0. The first-order chi connectivity index (χ1) is 9.24. The molecule has 0 amide bonds. The minimum absolute atomic E-state index is 0.269. The number of para-hydroxylation sites is 1. The molecule has 1 atom stereocenters. The summed E-state index contributed by atoms with van der Waals surface area (Å²) in [6.07, 6.45) is 0.669. The van der Waals surface area contributed by atoms with Crippen LogP contribution in [0.25, 0.3) is 11.0 Å². The Morgan fingerprint density at radius 3 is 2.63 bits per heavy atom. The largest absolute Gasteiger partial charge is 0.341 e. The third-order valence-corrected chi connectivity index (χ3v) is 3.13. The third kappa shape index (κ3) is 2.35. The van der Waals surface area contributed by atoms with Crippen LogP contribution in [0.5, 0.6) is 0 Å². The first-order valence-corrected chi connectivity index (χ1v) is 6.17. The SMILES string of the molecule is NC(Cc1ccccc1)c1nc2c(F)cccc2[nH]1. The summed E-state index contributed by atoms with van der Waals surface area (Å²) in [5, 5.41) is 0. The van der Waals surface area contributed by atoms with Gasteiger partial charge >= 0.3 is 0 Å². The summed E-state index contributed by atoms with van der Waals surface area (Å²) in [6, 6.07) is 14.5. The number of halogens is 1. The van der Waals surface area contributed by atoms with Crippen LogP contribution in [-0.2, 0) is 6.42 Å². The Bertz CT molecular complexity index is 691. The average molecular weight is 255 g/mol. The maximum Gasteiger partial charge on any atom is 0.151 e. The van der Waals surface area contributed by atoms with Gasteiger partial charge in [-0.05, 0) is 24.1 Å². The van der Waals surface area contributed by atoms with Crippen molar-refractivity contribution < 1.29 is 4.39 Å². The van der Waals surface area contributed by atoms with E-state index >= 15 is 0 Å². The summed E-state index contributed by atoms with van der Waals surface area (Å²) in [5.74, 6) is 0.288. The van der Waals surface area contributed by atoms with E-state index in [-0.39, 0.29) is 11.9 Å². The molecule has 0 fully saturated rings. The van der Waals surface area contributed by atoms with Gasteiger partial charge in [0, 0.05) is 0 Å². The van der Waals surface area contributed by atoms with Crippen molar-refractivity contribution in [2.24, 2.45) is 5.73 Å². The lowest BCUT2D eigenvalue weighted by Gasteiger charge is -2.08. The van der Waals surface area contributed by atoms with E-state index in [4.69, 9.17) is 5.73 Å². The molecule has 3 aromatic rings. The molecule has 0 saturated heterocycles. The molecule has 1 aromatic heterocycles. The minimum atomic E-state index is -0.327. The summed E-state index contributed by atoms with van der Waals surface area (Å²) in [6.45, 7) is 0. The van der Waals surface area contributed by atoms with Crippen LogP contribution in [0.2, 0.25) is 0 Å². The van der Waals surface area contributed by atoms with Crippen molar-refractivity contribution >= 4 is 11.0 Å². The number of hydrogen-bond acceptors (Lipinski definition) is 2. The lowest BCUT2D eigenvalue weighted by molar-refractivity contribution is 0.635. The van der Waals surface area contributed by atoms with Gasteiger partial charge in [-0.2, -0.15) is 0 Å². The van der Waals surface area contributed by atoms with Crippen LogP contribution in [0.1, 0.15) is 17.4 Å². The fraction of sp³-hybridized carbons (Fsp3) is 0.133. The summed E-state index contributed by atoms with van der Waals surface area (Å²) < 4.78 is 13.6. The van der Waals surface area contributed by atoms with Gasteiger partial charge in [0.1, 0.15) is 11.3 Å². The van der Waals surface area contributed by atoms with Gasteiger partial charge in [-0.25, -0.2) is 9.37 Å². The number of nitrogens with zero attached hydrogens (tertiary/aromatic N) is 1. The Balaban J connectivity index is 1.89. The van der Waals surface area contributed by atoms with Crippen molar-refractivity contribution in [3.63, 3.8) is 0 Å². The van der Waals surface area contributed by atoms with Gasteiger partial charge in [0.15, 0.2) is 5.82 Å². The Morgan fingerprint density at radius 1 is 1.11 bits per heavy atom. The number of benzene rings is 2. The first-order valence-electron chi connectivity index (χ1n) is 6.17. The molecule has 3 nitrogen and oxygen atoms in total. The normalized spacial score (nSPS) is 12.7. The Morgan fingerprint density at radius 2 is 1.89 bits per heavy atom. The van der Waals surface area contributed by atoms with Crippen molar-refractivity contribution in [3.8, 4) is 0 Å². The molecule has 0 spiro atoms. The van der Waals surface area contributed by atoms with Crippen molar-refractivity contribution in [2.45, 2.75) is 12.5 Å². The van der Waals surface area contributed by atoms with E-state index in [9.17, 15) is 4.39 Å². The molecule has 0 aliphatic rings. The molecule has 0 aliphatic heterocycles. The quantitative estimate of drug-likeness (QED) is 0.756.